The van der Waals surface area contributed by atoms with Crippen LogP contribution in [-0.4, -0.2) is 38.4 Å². The van der Waals surface area contributed by atoms with Crippen LogP contribution >= 0.6 is 0 Å². The van der Waals surface area contributed by atoms with Gasteiger partial charge >= 0.3 is 0 Å². The summed E-state index contributed by atoms with van der Waals surface area (Å²) in [6.07, 6.45) is 5.47. The van der Waals surface area contributed by atoms with E-state index in [1.165, 1.54) is 6.42 Å². The molecule has 4 nitrogen and oxygen atoms in total. The Labute approximate surface area is 121 Å². The van der Waals surface area contributed by atoms with E-state index in [9.17, 15) is 4.79 Å². The highest BCUT2D eigenvalue weighted by atomic mass is 16.5. The lowest BCUT2D eigenvalue weighted by Gasteiger charge is -2.55. The fourth-order valence-corrected chi connectivity index (χ4v) is 4.40. The molecule has 20 heavy (non-hydrogen) atoms. The summed E-state index contributed by atoms with van der Waals surface area (Å²) in [4.78, 5) is 12.7. The van der Waals surface area contributed by atoms with E-state index in [0.717, 1.165) is 32.3 Å². The summed E-state index contributed by atoms with van der Waals surface area (Å²) in [5, 5.41) is 3.36. The number of carbonyl (C=O) groups is 1. The van der Waals surface area contributed by atoms with E-state index in [2.05, 4.69) is 19.2 Å². The van der Waals surface area contributed by atoms with Crippen molar-refractivity contribution in [1.29, 1.82) is 0 Å². The highest BCUT2D eigenvalue weighted by molar-refractivity contribution is 5.84. The maximum absolute atomic E-state index is 12.7. The van der Waals surface area contributed by atoms with Crippen LogP contribution in [0.2, 0.25) is 0 Å². The zero-order chi connectivity index (χ0) is 14.4. The Morgan fingerprint density at radius 2 is 2.15 bits per heavy atom. The molecule has 0 bridgehead atoms. The summed E-state index contributed by atoms with van der Waals surface area (Å²) in [6, 6.07) is 0.280. The van der Waals surface area contributed by atoms with Crippen molar-refractivity contribution in [1.82, 2.24) is 5.32 Å². The lowest BCUT2D eigenvalue weighted by atomic mass is 9.56. The Balaban J connectivity index is 1.64. The monoisotopic (exact) mass is 281 g/mol. The average Bonchev–Trinajstić information content (AvgIpc) is 2.81. The minimum atomic E-state index is -0.156. The van der Waals surface area contributed by atoms with Crippen molar-refractivity contribution in [3.63, 3.8) is 0 Å². The second kappa shape index (κ2) is 4.99. The molecule has 1 aliphatic heterocycles. The molecule has 2 aliphatic carbocycles. The molecule has 3 fully saturated rings. The molecule has 1 saturated heterocycles. The second-order valence-corrected chi connectivity index (χ2v) is 7.39. The molecule has 0 unspecified atom stereocenters. The van der Waals surface area contributed by atoms with Crippen molar-refractivity contribution >= 4 is 5.91 Å². The molecule has 3 atom stereocenters. The maximum Gasteiger partial charge on any atom is 0.226 e. The van der Waals surface area contributed by atoms with Gasteiger partial charge in [-0.15, -0.1) is 0 Å². The van der Waals surface area contributed by atoms with Crippen LogP contribution in [0.3, 0.4) is 0 Å². The molecular weight excluding hydrogens is 254 g/mol. The predicted octanol–water partition coefficient (Wildman–Crippen LogP) is 2.12. The van der Waals surface area contributed by atoms with Crippen LogP contribution in [-0.2, 0) is 14.3 Å². The molecule has 3 aliphatic rings. The molecular formula is C16H27NO3. The van der Waals surface area contributed by atoms with Gasteiger partial charge in [0.25, 0.3) is 0 Å². The highest BCUT2D eigenvalue weighted by Gasteiger charge is 2.60. The van der Waals surface area contributed by atoms with Crippen LogP contribution < -0.4 is 5.32 Å². The number of methoxy groups -OCH3 is 1. The van der Waals surface area contributed by atoms with Gasteiger partial charge in [-0.3, -0.25) is 4.79 Å². The van der Waals surface area contributed by atoms with Crippen LogP contribution in [0.5, 0.6) is 0 Å². The van der Waals surface area contributed by atoms with Crippen molar-refractivity contribution in [3.8, 4) is 0 Å². The van der Waals surface area contributed by atoms with Gasteiger partial charge in [-0.05, 0) is 25.7 Å². The average molecular weight is 281 g/mol. The third-order valence-electron chi connectivity index (χ3n) is 5.96. The highest BCUT2D eigenvalue weighted by Crippen LogP contribution is 2.53. The molecule has 3 rings (SSSR count). The molecule has 4 heteroatoms. The lowest BCUT2D eigenvalue weighted by Crippen LogP contribution is -2.68. The number of ether oxygens (including phenoxy) is 2. The zero-order valence-corrected chi connectivity index (χ0v) is 12.9. The van der Waals surface area contributed by atoms with Crippen LogP contribution in [0.1, 0.15) is 46.0 Å². The quantitative estimate of drug-likeness (QED) is 0.839. The molecule has 114 valence electrons. The minimum absolute atomic E-state index is 0.0724. The molecule has 0 aromatic carbocycles. The molecule has 0 radical (unpaired) electrons. The van der Waals surface area contributed by atoms with Gasteiger partial charge in [-0.1, -0.05) is 20.3 Å². The van der Waals surface area contributed by atoms with E-state index >= 15 is 0 Å². The standard InChI is InChI=1S/C16H27NO3/c1-15(2)12(11-5-9-20-13(11)15)17-14(18)16(6-4-7-16)8-10-19-3/h11-13H,4-10H2,1-3H3,(H,17,18)/t11-,12+,13+/m0/s1. The first-order valence-electron chi connectivity index (χ1n) is 7.93. The summed E-state index contributed by atoms with van der Waals surface area (Å²) < 4.78 is 11.0. The number of hydrogen-bond acceptors (Lipinski definition) is 3. The van der Waals surface area contributed by atoms with Crippen molar-refractivity contribution in [2.24, 2.45) is 16.7 Å². The molecule has 1 N–H and O–H groups in total. The Bertz CT molecular complexity index is 389. The van der Waals surface area contributed by atoms with Crippen molar-refractivity contribution in [3.05, 3.63) is 0 Å². The van der Waals surface area contributed by atoms with E-state index < -0.39 is 0 Å². The van der Waals surface area contributed by atoms with E-state index in [1.807, 2.05) is 0 Å². The van der Waals surface area contributed by atoms with Crippen molar-refractivity contribution in [2.75, 3.05) is 20.3 Å². The molecule has 1 amide bonds. The third-order valence-corrected chi connectivity index (χ3v) is 5.96. The Morgan fingerprint density at radius 1 is 1.40 bits per heavy atom. The summed E-state index contributed by atoms with van der Waals surface area (Å²) >= 11 is 0. The fraction of sp³-hybridized carbons (Fsp3) is 0.938. The van der Waals surface area contributed by atoms with E-state index in [-0.39, 0.29) is 22.8 Å². The van der Waals surface area contributed by atoms with Gasteiger partial charge in [0, 0.05) is 37.7 Å². The Morgan fingerprint density at radius 3 is 2.75 bits per heavy atom. The van der Waals surface area contributed by atoms with Crippen molar-refractivity contribution in [2.45, 2.75) is 58.1 Å². The first-order valence-corrected chi connectivity index (χ1v) is 7.93. The van der Waals surface area contributed by atoms with Gasteiger partial charge in [0.15, 0.2) is 0 Å². The SMILES string of the molecule is COCCC1(C(=O)N[C@@H]2[C@@H]3CCO[C@H]3C2(C)C)CCC1. The molecule has 0 aromatic heterocycles. The minimum Gasteiger partial charge on any atom is -0.385 e. The third kappa shape index (κ3) is 2.00. The van der Waals surface area contributed by atoms with Gasteiger partial charge < -0.3 is 14.8 Å². The number of amides is 1. The summed E-state index contributed by atoms with van der Waals surface area (Å²) in [5.74, 6) is 0.776. The normalized spacial score (nSPS) is 36.6. The molecule has 1 heterocycles. The predicted molar refractivity (Wildman–Crippen MR) is 76.3 cm³/mol. The largest absolute Gasteiger partial charge is 0.385 e. The van der Waals surface area contributed by atoms with Gasteiger partial charge in [0.1, 0.15) is 0 Å². The van der Waals surface area contributed by atoms with Gasteiger partial charge in [-0.25, -0.2) is 0 Å². The van der Waals surface area contributed by atoms with Gasteiger partial charge in [0.2, 0.25) is 5.91 Å². The van der Waals surface area contributed by atoms with E-state index in [1.54, 1.807) is 7.11 Å². The van der Waals surface area contributed by atoms with E-state index in [0.29, 0.717) is 18.6 Å². The summed E-state index contributed by atoms with van der Waals surface area (Å²) in [7, 11) is 1.71. The van der Waals surface area contributed by atoms with Crippen LogP contribution in [0.15, 0.2) is 0 Å². The topological polar surface area (TPSA) is 47.6 Å². The molecule has 2 saturated carbocycles. The number of fused-ring (bicyclic) bond motifs is 1. The van der Waals surface area contributed by atoms with E-state index in [4.69, 9.17) is 9.47 Å². The van der Waals surface area contributed by atoms with Crippen LogP contribution in [0.25, 0.3) is 0 Å². The summed E-state index contributed by atoms with van der Waals surface area (Å²) in [6.45, 7) is 5.96. The van der Waals surface area contributed by atoms with Crippen molar-refractivity contribution < 1.29 is 14.3 Å². The fourth-order valence-electron chi connectivity index (χ4n) is 4.40. The molecule has 0 spiro atoms. The van der Waals surface area contributed by atoms with Crippen LogP contribution in [0.4, 0.5) is 0 Å². The smallest absolute Gasteiger partial charge is 0.226 e. The van der Waals surface area contributed by atoms with Gasteiger partial charge in [-0.2, -0.15) is 0 Å². The van der Waals surface area contributed by atoms with Gasteiger partial charge in [0.05, 0.1) is 11.5 Å². The Hall–Kier alpha value is -0.610. The first-order chi connectivity index (χ1) is 9.51. The second-order valence-electron chi connectivity index (χ2n) is 7.39. The number of nitrogens with one attached hydrogen (secondary N) is 1. The molecule has 0 aromatic rings. The number of carbonyl (C=O) groups excluding carboxylic acids is 1. The Kier molecular flexibility index (Phi) is 3.57. The lowest BCUT2D eigenvalue weighted by molar-refractivity contribution is -0.151. The number of rotatable bonds is 5. The van der Waals surface area contributed by atoms with Crippen LogP contribution in [0, 0.1) is 16.7 Å². The number of hydrogen-bond donors (Lipinski definition) is 1. The maximum atomic E-state index is 12.7. The first kappa shape index (κ1) is 14.3. The summed E-state index contributed by atoms with van der Waals surface area (Å²) in [5.41, 5.74) is -0.0837. The zero-order valence-electron chi connectivity index (χ0n) is 12.9.